The van der Waals surface area contributed by atoms with Gasteiger partial charge in [-0.2, -0.15) is 0 Å². The molecule has 0 bridgehead atoms. The summed E-state index contributed by atoms with van der Waals surface area (Å²) in [5.74, 6) is 0.463. The zero-order valence-corrected chi connectivity index (χ0v) is 20.3. The minimum atomic E-state index is -0.300. The van der Waals surface area contributed by atoms with Gasteiger partial charge in [0.05, 0.1) is 11.6 Å². The van der Waals surface area contributed by atoms with Gasteiger partial charge in [-0.25, -0.2) is 9.07 Å². The second kappa shape index (κ2) is 9.46. The molecule has 0 spiro atoms. The Hall–Kier alpha value is -3.39. The average Bonchev–Trinajstić information content (AvgIpc) is 3.26. The fraction of sp³-hybridized carbons (Fsp3) is 0.385. The van der Waals surface area contributed by atoms with Crippen molar-refractivity contribution in [1.29, 1.82) is 0 Å². The van der Waals surface area contributed by atoms with Gasteiger partial charge in [0.15, 0.2) is 5.82 Å². The molecule has 0 amide bonds. The maximum absolute atomic E-state index is 13.5. The molecule has 0 unspecified atom stereocenters. The van der Waals surface area contributed by atoms with E-state index in [2.05, 4.69) is 53.1 Å². The van der Waals surface area contributed by atoms with Crippen LogP contribution in [0.3, 0.4) is 0 Å². The molecule has 2 aromatic carbocycles. The predicted molar refractivity (Wildman–Crippen MR) is 131 cm³/mol. The summed E-state index contributed by atoms with van der Waals surface area (Å²) in [6, 6.07) is 14.3. The van der Waals surface area contributed by atoms with Crippen molar-refractivity contribution < 1.29 is 4.39 Å². The highest BCUT2D eigenvalue weighted by molar-refractivity contribution is 5.79. The number of pyridine rings is 1. The Morgan fingerprint density at radius 2 is 1.82 bits per heavy atom. The number of hydrogen-bond donors (Lipinski definition) is 1. The van der Waals surface area contributed by atoms with Crippen LogP contribution < -0.4 is 5.56 Å². The Kier molecular flexibility index (Phi) is 6.61. The molecular formula is C26H31FN6O. The van der Waals surface area contributed by atoms with Crippen molar-refractivity contribution in [3.8, 4) is 0 Å². The largest absolute Gasteiger partial charge is 0.322 e. The van der Waals surface area contributed by atoms with Gasteiger partial charge in [-0.3, -0.25) is 9.69 Å². The second-order valence-corrected chi connectivity index (χ2v) is 9.79. The summed E-state index contributed by atoms with van der Waals surface area (Å²) in [6.07, 6.45) is 0.738. The van der Waals surface area contributed by atoms with E-state index in [1.807, 2.05) is 35.9 Å². The molecule has 7 nitrogen and oxygen atoms in total. The van der Waals surface area contributed by atoms with Crippen LogP contribution in [0.1, 0.15) is 62.7 Å². The van der Waals surface area contributed by atoms with Gasteiger partial charge in [0, 0.05) is 24.2 Å². The summed E-state index contributed by atoms with van der Waals surface area (Å²) < 4.78 is 15.4. The van der Waals surface area contributed by atoms with Gasteiger partial charge in [-0.1, -0.05) is 31.2 Å². The van der Waals surface area contributed by atoms with Gasteiger partial charge in [0.2, 0.25) is 0 Å². The monoisotopic (exact) mass is 462 g/mol. The summed E-state index contributed by atoms with van der Waals surface area (Å²) in [5, 5.41) is 13.5. The Balaban J connectivity index is 1.76. The van der Waals surface area contributed by atoms with Crippen LogP contribution in [-0.2, 0) is 18.6 Å². The number of aromatic nitrogens is 5. The van der Waals surface area contributed by atoms with E-state index in [4.69, 9.17) is 0 Å². The number of fused-ring (bicyclic) bond motifs is 1. The van der Waals surface area contributed by atoms with Gasteiger partial charge in [-0.15, -0.1) is 5.10 Å². The Bertz CT molecular complexity index is 1340. The topological polar surface area (TPSA) is 79.7 Å². The summed E-state index contributed by atoms with van der Waals surface area (Å²) in [6.45, 7) is 11.2. The van der Waals surface area contributed by atoms with Crippen LogP contribution in [0.4, 0.5) is 4.39 Å². The predicted octanol–water partition coefficient (Wildman–Crippen LogP) is 4.87. The highest BCUT2D eigenvalue weighted by Crippen LogP contribution is 2.29. The SMILES string of the molecule is CC[C@@H](c1nnnn1C(C)(C)C)N(Cc1ccc(F)cc1)Cc1cc2ccc(C)cc2[nH]c1=O. The molecule has 4 rings (SSSR count). The second-order valence-electron chi connectivity index (χ2n) is 9.79. The smallest absolute Gasteiger partial charge is 0.252 e. The van der Waals surface area contributed by atoms with Crippen LogP contribution in [0.15, 0.2) is 53.3 Å². The van der Waals surface area contributed by atoms with Gasteiger partial charge < -0.3 is 4.98 Å². The van der Waals surface area contributed by atoms with E-state index in [0.29, 0.717) is 18.7 Å². The van der Waals surface area contributed by atoms with Crippen LogP contribution in [-0.4, -0.2) is 30.1 Å². The normalized spacial score (nSPS) is 13.0. The maximum atomic E-state index is 13.5. The number of nitrogens with one attached hydrogen (secondary N) is 1. The third-order valence-corrected chi connectivity index (χ3v) is 6.01. The molecule has 0 aliphatic rings. The van der Waals surface area contributed by atoms with Crippen molar-refractivity contribution in [2.45, 2.75) is 65.7 Å². The summed E-state index contributed by atoms with van der Waals surface area (Å²) >= 11 is 0. The van der Waals surface area contributed by atoms with Gasteiger partial charge in [0.25, 0.3) is 5.56 Å². The molecule has 34 heavy (non-hydrogen) atoms. The van der Waals surface area contributed by atoms with Gasteiger partial charge in [0.1, 0.15) is 5.82 Å². The zero-order valence-electron chi connectivity index (χ0n) is 20.3. The minimum absolute atomic E-state index is 0.118. The Labute approximate surface area is 198 Å². The molecule has 0 aliphatic carbocycles. The first-order valence-electron chi connectivity index (χ1n) is 11.6. The average molecular weight is 463 g/mol. The lowest BCUT2D eigenvalue weighted by Gasteiger charge is -2.32. The van der Waals surface area contributed by atoms with Crippen LogP contribution in [0, 0.1) is 12.7 Å². The van der Waals surface area contributed by atoms with Crippen LogP contribution in [0.2, 0.25) is 0 Å². The van der Waals surface area contributed by atoms with E-state index in [0.717, 1.165) is 34.3 Å². The Morgan fingerprint density at radius 1 is 1.09 bits per heavy atom. The molecule has 1 atom stereocenters. The third-order valence-electron chi connectivity index (χ3n) is 6.01. The first-order chi connectivity index (χ1) is 16.2. The maximum Gasteiger partial charge on any atom is 0.252 e. The number of hydrogen-bond acceptors (Lipinski definition) is 5. The van der Waals surface area contributed by atoms with E-state index in [1.54, 1.807) is 12.1 Å². The molecule has 2 heterocycles. The molecule has 0 aliphatic heterocycles. The quantitative estimate of drug-likeness (QED) is 0.424. The van der Waals surface area contributed by atoms with Gasteiger partial charge >= 0.3 is 0 Å². The van der Waals surface area contributed by atoms with E-state index >= 15 is 0 Å². The van der Waals surface area contributed by atoms with Crippen molar-refractivity contribution in [1.82, 2.24) is 30.1 Å². The molecule has 0 radical (unpaired) electrons. The number of rotatable bonds is 7. The highest BCUT2D eigenvalue weighted by atomic mass is 19.1. The molecule has 4 aromatic rings. The standard InChI is InChI=1S/C26H31FN6O/c1-6-23(24-29-30-31-33(24)26(3,4)5)32(15-18-8-11-21(27)12-9-18)16-20-14-19-10-7-17(2)13-22(19)28-25(20)34/h7-14,23H,6,15-16H2,1-5H3,(H,28,34)/t23-/m0/s1. The molecule has 1 N–H and O–H groups in total. The fourth-order valence-electron chi connectivity index (χ4n) is 4.28. The lowest BCUT2D eigenvalue weighted by atomic mass is 10.0. The van der Waals surface area contributed by atoms with Crippen LogP contribution in [0.25, 0.3) is 10.9 Å². The van der Waals surface area contributed by atoms with Crippen molar-refractivity contribution in [2.75, 3.05) is 0 Å². The van der Waals surface area contributed by atoms with E-state index in [-0.39, 0.29) is 23.0 Å². The number of nitrogens with zero attached hydrogens (tertiary/aromatic N) is 5. The molecule has 2 aromatic heterocycles. The molecule has 8 heteroatoms. The summed E-state index contributed by atoms with van der Waals surface area (Å²) in [4.78, 5) is 18.2. The van der Waals surface area contributed by atoms with E-state index < -0.39 is 0 Å². The summed E-state index contributed by atoms with van der Waals surface area (Å²) in [5.41, 5.74) is 3.10. The molecule has 178 valence electrons. The molecule has 0 saturated carbocycles. The third kappa shape index (κ3) is 5.07. The van der Waals surface area contributed by atoms with E-state index in [1.165, 1.54) is 12.1 Å². The minimum Gasteiger partial charge on any atom is -0.322 e. The van der Waals surface area contributed by atoms with Crippen LogP contribution >= 0.6 is 0 Å². The lowest BCUT2D eigenvalue weighted by Crippen LogP contribution is -2.35. The number of aromatic amines is 1. The number of halogens is 1. The number of H-pyrrole nitrogens is 1. The number of tetrazole rings is 1. The first-order valence-corrected chi connectivity index (χ1v) is 11.6. The lowest BCUT2D eigenvalue weighted by molar-refractivity contribution is 0.153. The zero-order chi connectivity index (χ0) is 24.5. The number of aryl methyl sites for hydroxylation is 1. The van der Waals surface area contributed by atoms with Crippen LogP contribution in [0.5, 0.6) is 0 Å². The number of benzene rings is 2. The first kappa shape index (κ1) is 23.8. The molecular weight excluding hydrogens is 431 g/mol. The summed E-state index contributed by atoms with van der Waals surface area (Å²) in [7, 11) is 0. The van der Waals surface area contributed by atoms with Crippen molar-refractivity contribution in [2.24, 2.45) is 0 Å². The van der Waals surface area contributed by atoms with Crippen molar-refractivity contribution in [3.05, 3.63) is 87.2 Å². The van der Waals surface area contributed by atoms with Crippen molar-refractivity contribution in [3.63, 3.8) is 0 Å². The fourth-order valence-corrected chi connectivity index (χ4v) is 4.28. The molecule has 0 saturated heterocycles. The highest BCUT2D eigenvalue weighted by Gasteiger charge is 2.29. The van der Waals surface area contributed by atoms with Gasteiger partial charge in [-0.05, 0) is 85.3 Å². The molecule has 0 fully saturated rings. The Morgan fingerprint density at radius 3 is 2.50 bits per heavy atom. The van der Waals surface area contributed by atoms with Crippen molar-refractivity contribution >= 4 is 10.9 Å². The van der Waals surface area contributed by atoms with E-state index in [9.17, 15) is 9.18 Å².